The molecule has 0 radical (unpaired) electrons. The first-order chi connectivity index (χ1) is 17.2. The minimum atomic E-state index is 0.125. The Hall–Kier alpha value is -3.49. The molecule has 7 nitrogen and oxygen atoms in total. The molecular formula is C27H28N6OS. The minimum absolute atomic E-state index is 0.125. The van der Waals surface area contributed by atoms with Gasteiger partial charge in [0.1, 0.15) is 11.9 Å². The van der Waals surface area contributed by atoms with Crippen LogP contribution in [0.1, 0.15) is 30.9 Å². The molecule has 2 aliphatic rings. The van der Waals surface area contributed by atoms with Gasteiger partial charge in [0, 0.05) is 31.4 Å². The Morgan fingerprint density at radius 1 is 0.971 bits per heavy atom. The highest BCUT2D eigenvalue weighted by atomic mass is 32.1. The number of hydrazone groups is 1. The normalized spacial score (nSPS) is 18.9. The van der Waals surface area contributed by atoms with Crippen LogP contribution < -0.4 is 15.1 Å². The molecule has 0 aliphatic carbocycles. The maximum Gasteiger partial charge on any atom is 0.229 e. The second-order valence-corrected chi connectivity index (χ2v) is 10.00. The molecule has 1 fully saturated rings. The molecule has 0 saturated carbocycles. The molecule has 2 aliphatic heterocycles. The van der Waals surface area contributed by atoms with E-state index in [-0.39, 0.29) is 12.1 Å². The monoisotopic (exact) mass is 484 g/mol. The second kappa shape index (κ2) is 9.64. The molecule has 1 saturated heterocycles. The fraction of sp³-hybridized carbons (Fsp3) is 0.296. The van der Waals surface area contributed by atoms with Crippen molar-refractivity contribution in [3.8, 4) is 5.75 Å². The van der Waals surface area contributed by atoms with Gasteiger partial charge < -0.3 is 15.0 Å². The van der Waals surface area contributed by atoms with Gasteiger partial charge in [-0.1, -0.05) is 30.3 Å². The molecule has 0 spiro atoms. The largest absolute Gasteiger partial charge is 0.490 e. The van der Waals surface area contributed by atoms with Crippen LogP contribution in [-0.2, 0) is 0 Å². The van der Waals surface area contributed by atoms with Gasteiger partial charge in [-0.2, -0.15) is 10.1 Å². The average molecular weight is 485 g/mol. The summed E-state index contributed by atoms with van der Waals surface area (Å²) in [6.45, 7) is 2.17. The Kier molecular flexibility index (Phi) is 6.06. The molecule has 1 N–H and O–H groups in total. The number of piperidine rings is 1. The average Bonchev–Trinajstić information content (AvgIpc) is 3.57. The molecule has 35 heavy (non-hydrogen) atoms. The Morgan fingerprint density at radius 3 is 2.57 bits per heavy atom. The van der Waals surface area contributed by atoms with Gasteiger partial charge in [-0.25, -0.2) is 9.99 Å². The highest BCUT2D eigenvalue weighted by Gasteiger charge is 2.28. The van der Waals surface area contributed by atoms with Crippen LogP contribution in [-0.4, -0.2) is 47.3 Å². The molecule has 6 rings (SSSR count). The second-order valence-electron chi connectivity index (χ2n) is 9.08. The van der Waals surface area contributed by atoms with Crippen molar-refractivity contribution >= 4 is 45.2 Å². The van der Waals surface area contributed by atoms with Crippen molar-refractivity contribution in [1.82, 2.24) is 14.9 Å². The van der Waals surface area contributed by atoms with Gasteiger partial charge in [0.25, 0.3) is 0 Å². The zero-order valence-corrected chi connectivity index (χ0v) is 20.5. The predicted molar refractivity (Wildman–Crippen MR) is 143 cm³/mol. The Bertz CT molecular complexity index is 1310. The van der Waals surface area contributed by atoms with Gasteiger partial charge in [0.05, 0.1) is 16.3 Å². The molecular weight excluding hydrogens is 456 g/mol. The lowest BCUT2D eigenvalue weighted by Crippen LogP contribution is -2.35. The van der Waals surface area contributed by atoms with Crippen molar-refractivity contribution in [2.24, 2.45) is 5.10 Å². The van der Waals surface area contributed by atoms with E-state index in [4.69, 9.17) is 19.8 Å². The van der Waals surface area contributed by atoms with Gasteiger partial charge in [-0.15, -0.1) is 11.3 Å². The molecule has 0 amide bonds. The van der Waals surface area contributed by atoms with Crippen LogP contribution in [0.2, 0.25) is 0 Å². The summed E-state index contributed by atoms with van der Waals surface area (Å²) in [5.74, 6) is 2.29. The maximum atomic E-state index is 6.19. The number of nitrogens with zero attached hydrogens (tertiary/aromatic N) is 5. The first-order valence-corrected chi connectivity index (χ1v) is 12.9. The van der Waals surface area contributed by atoms with Crippen LogP contribution in [0.5, 0.6) is 5.75 Å². The summed E-state index contributed by atoms with van der Waals surface area (Å²) in [5, 5.41) is 12.2. The van der Waals surface area contributed by atoms with E-state index in [0.29, 0.717) is 5.95 Å². The molecule has 0 bridgehead atoms. The quantitative estimate of drug-likeness (QED) is 0.371. The molecule has 178 valence electrons. The Morgan fingerprint density at radius 2 is 1.77 bits per heavy atom. The number of likely N-dealkylation sites (tertiary alicyclic amines) is 1. The van der Waals surface area contributed by atoms with Crippen LogP contribution in [0.3, 0.4) is 0 Å². The smallest absolute Gasteiger partial charge is 0.229 e. The first kappa shape index (κ1) is 22.0. The highest BCUT2D eigenvalue weighted by Crippen LogP contribution is 2.38. The number of nitrogens with one attached hydrogen (secondary N) is 1. The third-order valence-corrected chi connectivity index (χ3v) is 7.50. The molecule has 4 heterocycles. The summed E-state index contributed by atoms with van der Waals surface area (Å²) in [6.07, 6.45) is 5.24. The molecule has 2 aromatic carbocycles. The number of hydrogen-bond acceptors (Lipinski definition) is 8. The minimum Gasteiger partial charge on any atom is -0.490 e. The lowest BCUT2D eigenvalue weighted by atomic mass is 10.0. The van der Waals surface area contributed by atoms with E-state index in [1.807, 2.05) is 47.6 Å². The lowest BCUT2D eigenvalue weighted by Gasteiger charge is -2.29. The summed E-state index contributed by atoms with van der Waals surface area (Å²) in [4.78, 5) is 12.0. The standard InChI is InChI=1S/C27H28N6OS/c1-32-16-12-22(13-17-32)34-21-9-7-20(8-10-21)29-27-30-23-14-18-35-25(23)26(31-27)33-24(11-15-28-33)19-5-3-2-4-6-19/h2-10,14-15,18,22,24H,11-13,16-17H2,1H3,(H,29,30,31). The fourth-order valence-electron chi connectivity index (χ4n) is 4.67. The molecule has 8 heteroatoms. The molecule has 1 unspecified atom stereocenters. The van der Waals surface area contributed by atoms with E-state index in [9.17, 15) is 0 Å². The van der Waals surface area contributed by atoms with Crippen molar-refractivity contribution < 1.29 is 4.74 Å². The van der Waals surface area contributed by atoms with Crippen LogP contribution >= 0.6 is 11.3 Å². The van der Waals surface area contributed by atoms with Gasteiger partial charge >= 0.3 is 0 Å². The van der Waals surface area contributed by atoms with Crippen molar-refractivity contribution in [1.29, 1.82) is 0 Å². The topological polar surface area (TPSA) is 65.9 Å². The van der Waals surface area contributed by atoms with Crippen molar-refractivity contribution in [3.63, 3.8) is 0 Å². The first-order valence-electron chi connectivity index (χ1n) is 12.1. The van der Waals surface area contributed by atoms with Gasteiger partial charge in [-0.3, -0.25) is 0 Å². The van der Waals surface area contributed by atoms with Crippen LogP contribution in [0.15, 0.2) is 71.1 Å². The highest BCUT2D eigenvalue weighted by molar-refractivity contribution is 7.17. The van der Waals surface area contributed by atoms with Crippen LogP contribution in [0.25, 0.3) is 10.2 Å². The number of ether oxygens (including phenoxy) is 1. The maximum absolute atomic E-state index is 6.19. The summed E-state index contributed by atoms with van der Waals surface area (Å²) in [6, 6.07) is 20.7. The Balaban J connectivity index is 1.23. The van der Waals surface area contributed by atoms with E-state index in [2.05, 4.69) is 46.9 Å². The predicted octanol–water partition coefficient (Wildman–Crippen LogP) is 5.85. The fourth-order valence-corrected chi connectivity index (χ4v) is 5.48. The van der Waals surface area contributed by atoms with E-state index < -0.39 is 0 Å². The third-order valence-electron chi connectivity index (χ3n) is 6.60. The van der Waals surface area contributed by atoms with Crippen molar-refractivity contribution in [2.45, 2.75) is 31.4 Å². The van der Waals surface area contributed by atoms with Crippen LogP contribution in [0.4, 0.5) is 17.5 Å². The summed E-state index contributed by atoms with van der Waals surface area (Å²) in [5.41, 5.74) is 3.06. The van der Waals surface area contributed by atoms with Crippen LogP contribution in [0, 0.1) is 0 Å². The number of thiophene rings is 1. The summed E-state index contributed by atoms with van der Waals surface area (Å²) >= 11 is 1.64. The Labute approximate surface area is 209 Å². The van der Waals surface area contributed by atoms with E-state index in [1.165, 1.54) is 5.56 Å². The van der Waals surface area contributed by atoms with E-state index >= 15 is 0 Å². The van der Waals surface area contributed by atoms with Gasteiger partial charge in [0.2, 0.25) is 5.95 Å². The third kappa shape index (κ3) is 4.72. The number of aromatic nitrogens is 2. The van der Waals surface area contributed by atoms with Crippen molar-refractivity contribution in [3.05, 3.63) is 71.6 Å². The molecule has 4 aromatic rings. The molecule has 1 atom stereocenters. The SMILES string of the molecule is CN1CCC(Oc2ccc(Nc3nc(N4N=CCC4c4ccccc4)c4sccc4n3)cc2)CC1. The van der Waals surface area contributed by atoms with E-state index in [0.717, 1.165) is 59.8 Å². The van der Waals surface area contributed by atoms with Gasteiger partial charge in [-0.05, 0) is 61.2 Å². The van der Waals surface area contributed by atoms with E-state index in [1.54, 1.807) is 11.3 Å². The number of benzene rings is 2. The van der Waals surface area contributed by atoms with Gasteiger partial charge in [0.15, 0.2) is 5.82 Å². The zero-order valence-electron chi connectivity index (χ0n) is 19.7. The zero-order chi connectivity index (χ0) is 23.6. The number of anilines is 3. The summed E-state index contributed by atoms with van der Waals surface area (Å²) < 4.78 is 7.23. The molecule has 2 aromatic heterocycles. The number of fused-ring (bicyclic) bond motifs is 1. The van der Waals surface area contributed by atoms with Crippen molar-refractivity contribution in [2.75, 3.05) is 30.5 Å². The lowest BCUT2D eigenvalue weighted by molar-refractivity contribution is 0.114. The number of rotatable bonds is 6. The summed E-state index contributed by atoms with van der Waals surface area (Å²) in [7, 11) is 2.16. The number of hydrogen-bond donors (Lipinski definition) is 1.